The van der Waals surface area contributed by atoms with Crippen molar-refractivity contribution in [1.82, 2.24) is 14.9 Å². The molecule has 2 heterocycles. The molecule has 0 spiro atoms. The van der Waals surface area contributed by atoms with Crippen LogP contribution in [0.1, 0.15) is 24.2 Å². The summed E-state index contributed by atoms with van der Waals surface area (Å²) < 4.78 is 20.1. The molecule has 2 aromatic heterocycles. The Morgan fingerprint density at radius 3 is 2.96 bits per heavy atom. The van der Waals surface area contributed by atoms with Crippen molar-refractivity contribution in [2.45, 2.75) is 19.5 Å². The van der Waals surface area contributed by atoms with E-state index in [1.807, 2.05) is 19.1 Å². The Labute approximate surface area is 139 Å². The molecule has 5 nitrogen and oxygen atoms in total. The molecule has 1 atom stereocenters. The summed E-state index contributed by atoms with van der Waals surface area (Å²) in [5.74, 6) is -0.271. The summed E-state index contributed by atoms with van der Waals surface area (Å²) in [5, 5.41) is 8.59. The van der Waals surface area contributed by atoms with Gasteiger partial charge in [0.1, 0.15) is 17.8 Å². The highest BCUT2D eigenvalue weighted by atomic mass is 19.1. The molecule has 0 amide bonds. The second-order valence-electron chi connectivity index (χ2n) is 5.34. The van der Waals surface area contributed by atoms with E-state index >= 15 is 0 Å². The van der Waals surface area contributed by atoms with Gasteiger partial charge in [-0.25, -0.2) is 4.39 Å². The summed E-state index contributed by atoms with van der Waals surface area (Å²) in [7, 11) is 0. The number of halogens is 1. The minimum atomic E-state index is -0.271. The largest absolute Gasteiger partial charge is 0.364 e. The average Bonchev–Trinajstić information content (AvgIpc) is 3.22. The van der Waals surface area contributed by atoms with E-state index in [1.165, 1.54) is 18.4 Å². The number of nitrogens with zero attached hydrogens (tertiary/aromatic N) is 4. The van der Waals surface area contributed by atoms with Gasteiger partial charge in [-0.15, -0.1) is 0 Å². The third-order valence-electron chi connectivity index (χ3n) is 3.56. The molecule has 24 heavy (non-hydrogen) atoms. The molecular weight excluding hydrogens is 307 g/mol. The second kappa shape index (κ2) is 7.04. The Hall–Kier alpha value is -3.02. The molecule has 0 radical (unpaired) electrons. The third-order valence-corrected chi connectivity index (χ3v) is 3.56. The molecule has 0 saturated heterocycles. The minimum absolute atomic E-state index is 0.123. The highest BCUT2D eigenvalue weighted by Gasteiger charge is 2.16. The molecule has 122 valence electrons. The Bertz CT molecular complexity index is 852. The molecule has 0 N–H and O–H groups in total. The zero-order chi connectivity index (χ0) is 16.9. The predicted octanol–water partition coefficient (Wildman–Crippen LogP) is 4.04. The van der Waals surface area contributed by atoms with Crippen LogP contribution < -0.4 is 0 Å². The minimum Gasteiger partial charge on any atom is -0.364 e. The quantitative estimate of drug-likeness (QED) is 0.643. The fraction of sp³-hybridized carbons (Fsp3) is 0.167. The summed E-state index contributed by atoms with van der Waals surface area (Å²) in [6.45, 7) is 6.00. The standard InChI is InChI=1S/C18H17FN4O/c1-3-8-20-13(2)17-11-18(16-7-9-24-22-16)23(21-17)12-14-5-4-6-15(19)10-14/h3-11,13H,1,12H2,2H3/t13-/m0/s1. The fourth-order valence-corrected chi connectivity index (χ4v) is 2.39. The number of hydrogen-bond donors (Lipinski definition) is 0. The van der Waals surface area contributed by atoms with Crippen molar-refractivity contribution in [2.24, 2.45) is 4.99 Å². The molecule has 0 aliphatic carbocycles. The lowest BCUT2D eigenvalue weighted by Gasteiger charge is -2.06. The topological polar surface area (TPSA) is 56.2 Å². The molecule has 6 heteroatoms. The van der Waals surface area contributed by atoms with Crippen LogP contribution in [-0.4, -0.2) is 21.2 Å². The lowest BCUT2D eigenvalue weighted by molar-refractivity contribution is 0.421. The van der Waals surface area contributed by atoms with Gasteiger partial charge < -0.3 is 4.52 Å². The molecule has 3 rings (SSSR count). The number of hydrogen-bond acceptors (Lipinski definition) is 4. The van der Waals surface area contributed by atoms with Crippen molar-refractivity contribution in [1.29, 1.82) is 0 Å². The molecule has 0 unspecified atom stereocenters. The van der Waals surface area contributed by atoms with E-state index in [2.05, 4.69) is 21.8 Å². The van der Waals surface area contributed by atoms with Crippen LogP contribution in [0.5, 0.6) is 0 Å². The van der Waals surface area contributed by atoms with Crippen LogP contribution in [0.3, 0.4) is 0 Å². The zero-order valence-electron chi connectivity index (χ0n) is 13.3. The van der Waals surface area contributed by atoms with Crippen molar-refractivity contribution in [3.8, 4) is 11.4 Å². The van der Waals surface area contributed by atoms with Crippen LogP contribution >= 0.6 is 0 Å². The van der Waals surface area contributed by atoms with Crippen molar-refractivity contribution < 1.29 is 8.91 Å². The van der Waals surface area contributed by atoms with Crippen LogP contribution in [0.4, 0.5) is 4.39 Å². The Morgan fingerprint density at radius 1 is 1.38 bits per heavy atom. The highest BCUT2D eigenvalue weighted by molar-refractivity contribution is 5.70. The van der Waals surface area contributed by atoms with E-state index in [4.69, 9.17) is 4.52 Å². The summed E-state index contributed by atoms with van der Waals surface area (Å²) in [6.07, 6.45) is 4.78. The van der Waals surface area contributed by atoms with Crippen LogP contribution in [0.25, 0.3) is 11.4 Å². The summed E-state index contributed by atoms with van der Waals surface area (Å²) >= 11 is 0. The van der Waals surface area contributed by atoms with Crippen molar-refractivity contribution in [3.63, 3.8) is 0 Å². The lowest BCUT2D eigenvalue weighted by Crippen LogP contribution is -2.05. The third kappa shape index (κ3) is 3.48. The summed E-state index contributed by atoms with van der Waals surface area (Å²) in [5.41, 5.74) is 3.08. The number of aliphatic imine (C=N–C) groups is 1. The first kappa shape index (κ1) is 15.9. The SMILES string of the molecule is C=CC=N[C@@H](C)c1cc(-c2ccon2)n(Cc2cccc(F)c2)n1. The second-order valence-corrected chi connectivity index (χ2v) is 5.34. The zero-order valence-corrected chi connectivity index (χ0v) is 13.3. The van der Waals surface area contributed by atoms with Gasteiger partial charge in [0.05, 0.1) is 24.0 Å². The van der Waals surface area contributed by atoms with Crippen molar-refractivity contribution in [2.75, 3.05) is 0 Å². The Morgan fingerprint density at radius 2 is 2.25 bits per heavy atom. The number of allylic oxidation sites excluding steroid dienone is 1. The molecule has 0 bridgehead atoms. The van der Waals surface area contributed by atoms with Crippen LogP contribution in [-0.2, 0) is 6.54 Å². The summed E-state index contributed by atoms with van der Waals surface area (Å²) in [6, 6.07) is 10.0. The van der Waals surface area contributed by atoms with Crippen LogP contribution in [0, 0.1) is 5.82 Å². The van der Waals surface area contributed by atoms with Gasteiger partial charge in [0, 0.05) is 12.3 Å². The van der Waals surface area contributed by atoms with Crippen molar-refractivity contribution in [3.05, 3.63) is 72.4 Å². The van der Waals surface area contributed by atoms with Crippen molar-refractivity contribution >= 4 is 6.21 Å². The van der Waals surface area contributed by atoms with E-state index in [0.29, 0.717) is 12.2 Å². The maximum Gasteiger partial charge on any atom is 0.131 e. The molecule has 0 aliphatic rings. The lowest BCUT2D eigenvalue weighted by atomic mass is 10.2. The normalized spacial score (nSPS) is 12.6. The Kier molecular flexibility index (Phi) is 4.65. The van der Waals surface area contributed by atoms with Gasteiger partial charge in [0.25, 0.3) is 0 Å². The molecule has 0 aliphatic heterocycles. The first-order valence-corrected chi connectivity index (χ1v) is 7.54. The van der Waals surface area contributed by atoms with Gasteiger partial charge in [0.15, 0.2) is 0 Å². The van der Waals surface area contributed by atoms with E-state index < -0.39 is 0 Å². The van der Waals surface area contributed by atoms with Gasteiger partial charge in [-0.1, -0.05) is 29.9 Å². The predicted molar refractivity (Wildman–Crippen MR) is 90.3 cm³/mol. The van der Waals surface area contributed by atoms with Gasteiger partial charge >= 0.3 is 0 Å². The maximum absolute atomic E-state index is 13.4. The van der Waals surface area contributed by atoms with Gasteiger partial charge in [-0.2, -0.15) is 5.10 Å². The van der Waals surface area contributed by atoms with E-state index in [0.717, 1.165) is 17.0 Å². The monoisotopic (exact) mass is 324 g/mol. The first-order chi connectivity index (χ1) is 11.7. The van der Waals surface area contributed by atoms with E-state index in [-0.39, 0.29) is 11.9 Å². The van der Waals surface area contributed by atoms with Crippen LogP contribution in [0.2, 0.25) is 0 Å². The highest BCUT2D eigenvalue weighted by Crippen LogP contribution is 2.24. The molecule has 0 fully saturated rings. The van der Waals surface area contributed by atoms with Crippen LogP contribution in [0.15, 0.2) is 64.8 Å². The Balaban J connectivity index is 1.98. The van der Waals surface area contributed by atoms with Gasteiger partial charge in [0.2, 0.25) is 0 Å². The van der Waals surface area contributed by atoms with E-state index in [9.17, 15) is 4.39 Å². The average molecular weight is 324 g/mol. The molecule has 3 aromatic rings. The van der Waals surface area contributed by atoms with E-state index in [1.54, 1.807) is 29.1 Å². The molecule has 0 saturated carbocycles. The molecular formula is C18H17FN4O. The number of aromatic nitrogens is 3. The molecule has 1 aromatic carbocycles. The number of rotatable bonds is 6. The first-order valence-electron chi connectivity index (χ1n) is 7.54. The number of benzene rings is 1. The smallest absolute Gasteiger partial charge is 0.131 e. The maximum atomic E-state index is 13.4. The summed E-state index contributed by atoms with van der Waals surface area (Å²) in [4.78, 5) is 4.35. The fourth-order valence-electron chi connectivity index (χ4n) is 2.39. The van der Waals surface area contributed by atoms with Gasteiger partial charge in [-0.05, 0) is 30.7 Å². The van der Waals surface area contributed by atoms with Gasteiger partial charge in [-0.3, -0.25) is 9.67 Å².